The maximum absolute atomic E-state index is 12.6. The van der Waals surface area contributed by atoms with Crippen molar-refractivity contribution in [2.75, 3.05) is 32.1 Å². The van der Waals surface area contributed by atoms with Crippen molar-refractivity contribution in [2.24, 2.45) is 0 Å². The molecule has 1 aliphatic heterocycles. The number of ether oxygens (including phenoxy) is 2. The van der Waals surface area contributed by atoms with E-state index >= 15 is 0 Å². The minimum absolute atomic E-state index is 0.122. The number of aromatic amines is 1. The van der Waals surface area contributed by atoms with Crippen molar-refractivity contribution in [3.8, 4) is 0 Å². The largest absolute Gasteiger partial charge is 0.464 e. The zero-order valence-corrected chi connectivity index (χ0v) is 16.6. The normalized spacial score (nSPS) is 23.0. The van der Waals surface area contributed by atoms with E-state index in [9.17, 15) is 9.59 Å². The zero-order valence-electron chi connectivity index (χ0n) is 15.0. The molecule has 0 saturated carbocycles. The molecule has 140 valence electrons. The Balaban J connectivity index is 1.83. The van der Waals surface area contributed by atoms with Gasteiger partial charge in [-0.3, -0.25) is 4.79 Å². The van der Waals surface area contributed by atoms with Crippen molar-refractivity contribution in [1.82, 2.24) is 4.98 Å². The second-order valence-corrected chi connectivity index (χ2v) is 7.61. The fraction of sp³-hybridized carbons (Fsp3) is 0.444. The van der Waals surface area contributed by atoms with Gasteiger partial charge in [-0.2, -0.15) is 0 Å². The Bertz CT molecular complexity index is 825. The number of nitrogens with one attached hydrogen (secondary N) is 3. The van der Waals surface area contributed by atoms with E-state index in [1.165, 1.54) is 7.11 Å². The van der Waals surface area contributed by atoms with Crippen molar-refractivity contribution in [3.05, 3.63) is 28.4 Å². The summed E-state index contributed by atoms with van der Waals surface area (Å²) in [5.41, 5.74) is 1.45. The molecule has 0 spiro atoms. The summed E-state index contributed by atoms with van der Waals surface area (Å²) in [4.78, 5) is 28.9. The molecule has 3 atom stereocenters. The molecule has 1 fully saturated rings. The summed E-state index contributed by atoms with van der Waals surface area (Å²) in [5, 5.41) is 3.66. The van der Waals surface area contributed by atoms with Gasteiger partial charge in [0.2, 0.25) is 0 Å². The first kappa shape index (κ1) is 18.9. The first-order valence-corrected chi connectivity index (χ1v) is 9.35. The van der Waals surface area contributed by atoms with E-state index in [1.807, 2.05) is 32.0 Å². The lowest BCUT2D eigenvalue weighted by molar-refractivity contribution is -0.907. The lowest BCUT2D eigenvalue weighted by Crippen LogP contribution is -3.16. The zero-order chi connectivity index (χ0) is 18.8. The molecule has 1 amide bonds. The highest BCUT2D eigenvalue weighted by atomic mass is 79.9. The van der Waals surface area contributed by atoms with Crippen LogP contribution in [0, 0.1) is 0 Å². The van der Waals surface area contributed by atoms with Crippen LogP contribution in [0.25, 0.3) is 10.9 Å². The van der Waals surface area contributed by atoms with E-state index in [0.717, 1.165) is 33.4 Å². The third-order valence-corrected chi connectivity index (χ3v) is 4.94. The number of quaternary nitrogens is 1. The lowest BCUT2D eigenvalue weighted by Gasteiger charge is -2.31. The standard InChI is InChI=1S/C18H22BrN3O4/c1-10-7-22(8-11(2)26-10)9-15(23)21-16-13-6-12(19)4-5-14(13)20-17(16)18(24)25-3/h4-6,10-11,20H,7-9H2,1-3H3,(H,21,23)/p+1/t10-,11+. The number of aromatic nitrogens is 1. The van der Waals surface area contributed by atoms with Crippen LogP contribution in [-0.4, -0.2) is 55.8 Å². The Morgan fingerprint density at radius 2 is 2.04 bits per heavy atom. The van der Waals surface area contributed by atoms with Crippen molar-refractivity contribution < 1.29 is 24.0 Å². The van der Waals surface area contributed by atoms with Gasteiger partial charge in [0, 0.05) is 15.4 Å². The third-order valence-electron chi connectivity index (χ3n) is 4.44. The molecule has 3 rings (SSSR count). The second-order valence-electron chi connectivity index (χ2n) is 6.70. The van der Waals surface area contributed by atoms with Gasteiger partial charge in [0.25, 0.3) is 5.91 Å². The van der Waals surface area contributed by atoms with Crippen molar-refractivity contribution in [3.63, 3.8) is 0 Å². The molecule has 1 aromatic carbocycles. The van der Waals surface area contributed by atoms with Crippen LogP contribution in [-0.2, 0) is 14.3 Å². The number of morpholine rings is 1. The van der Waals surface area contributed by atoms with E-state index in [1.54, 1.807) is 0 Å². The molecular weight excluding hydrogens is 402 g/mol. The fourth-order valence-electron chi connectivity index (χ4n) is 3.49. The Morgan fingerprint density at radius 3 is 2.69 bits per heavy atom. The average molecular weight is 425 g/mol. The average Bonchev–Trinajstić information content (AvgIpc) is 2.91. The van der Waals surface area contributed by atoms with Gasteiger partial charge in [0.1, 0.15) is 31.0 Å². The number of fused-ring (bicyclic) bond motifs is 1. The van der Waals surface area contributed by atoms with Gasteiger partial charge in [0.15, 0.2) is 6.54 Å². The molecule has 1 saturated heterocycles. The summed E-state index contributed by atoms with van der Waals surface area (Å²) >= 11 is 3.43. The summed E-state index contributed by atoms with van der Waals surface area (Å²) in [6.45, 7) is 5.90. The summed E-state index contributed by atoms with van der Waals surface area (Å²) in [7, 11) is 1.32. The van der Waals surface area contributed by atoms with Crippen molar-refractivity contribution in [1.29, 1.82) is 0 Å². The van der Waals surface area contributed by atoms with Gasteiger partial charge in [-0.1, -0.05) is 15.9 Å². The van der Waals surface area contributed by atoms with Crippen LogP contribution < -0.4 is 10.2 Å². The van der Waals surface area contributed by atoms with Gasteiger partial charge < -0.3 is 24.7 Å². The number of carbonyl (C=O) groups is 2. The number of H-pyrrole nitrogens is 1. The van der Waals surface area contributed by atoms with Crippen LogP contribution in [0.3, 0.4) is 0 Å². The van der Waals surface area contributed by atoms with E-state index in [-0.39, 0.29) is 23.8 Å². The van der Waals surface area contributed by atoms with Gasteiger partial charge in [-0.15, -0.1) is 0 Å². The highest BCUT2D eigenvalue weighted by molar-refractivity contribution is 9.10. The summed E-state index contributed by atoms with van der Waals surface area (Å²) in [6.07, 6.45) is 0.243. The van der Waals surface area contributed by atoms with Gasteiger partial charge >= 0.3 is 5.97 Å². The van der Waals surface area contributed by atoms with Crippen LogP contribution in [0.2, 0.25) is 0 Å². The first-order chi connectivity index (χ1) is 12.4. The molecule has 1 aliphatic rings. The SMILES string of the molecule is COC(=O)c1[nH]c2ccc(Br)cc2c1NC(=O)C[NH+]1C[C@@H](C)O[C@@H](C)C1. The predicted molar refractivity (Wildman–Crippen MR) is 102 cm³/mol. The molecule has 26 heavy (non-hydrogen) atoms. The van der Waals surface area contributed by atoms with Crippen LogP contribution in [0.15, 0.2) is 22.7 Å². The number of carbonyl (C=O) groups excluding carboxylic acids is 2. The predicted octanol–water partition coefficient (Wildman–Crippen LogP) is 1.35. The number of hydrogen-bond donors (Lipinski definition) is 3. The fourth-order valence-corrected chi connectivity index (χ4v) is 3.85. The van der Waals surface area contributed by atoms with E-state index in [2.05, 4.69) is 26.2 Å². The molecule has 1 aromatic heterocycles. The van der Waals surface area contributed by atoms with Crippen LogP contribution >= 0.6 is 15.9 Å². The summed E-state index contributed by atoms with van der Waals surface area (Å²) in [5.74, 6) is -0.666. The summed E-state index contributed by atoms with van der Waals surface area (Å²) in [6, 6.07) is 5.57. The molecule has 7 nitrogen and oxygen atoms in total. The number of amides is 1. The Hall–Kier alpha value is -1.90. The van der Waals surface area contributed by atoms with Gasteiger partial charge in [0.05, 0.1) is 12.8 Å². The monoisotopic (exact) mass is 424 g/mol. The van der Waals surface area contributed by atoms with E-state index in [4.69, 9.17) is 9.47 Å². The number of anilines is 1. The van der Waals surface area contributed by atoms with E-state index < -0.39 is 5.97 Å². The minimum Gasteiger partial charge on any atom is -0.464 e. The highest BCUT2D eigenvalue weighted by Gasteiger charge is 2.28. The van der Waals surface area contributed by atoms with E-state index in [0.29, 0.717) is 12.2 Å². The molecule has 0 aliphatic carbocycles. The topological polar surface area (TPSA) is 84.9 Å². The molecule has 0 bridgehead atoms. The number of rotatable bonds is 4. The lowest BCUT2D eigenvalue weighted by atomic mass is 10.2. The maximum atomic E-state index is 12.6. The van der Waals surface area contributed by atoms with Crippen LogP contribution in [0.4, 0.5) is 5.69 Å². The van der Waals surface area contributed by atoms with Crippen molar-refractivity contribution >= 4 is 44.4 Å². The Morgan fingerprint density at radius 1 is 1.35 bits per heavy atom. The second kappa shape index (κ2) is 7.77. The van der Waals surface area contributed by atoms with Gasteiger partial charge in [-0.05, 0) is 32.0 Å². The highest BCUT2D eigenvalue weighted by Crippen LogP contribution is 2.30. The molecule has 8 heteroatoms. The maximum Gasteiger partial charge on any atom is 0.356 e. The number of halogens is 1. The molecule has 1 unspecified atom stereocenters. The quantitative estimate of drug-likeness (QED) is 0.646. The first-order valence-electron chi connectivity index (χ1n) is 8.55. The van der Waals surface area contributed by atoms with Crippen molar-refractivity contribution in [2.45, 2.75) is 26.1 Å². The number of hydrogen-bond acceptors (Lipinski definition) is 4. The molecule has 3 N–H and O–H groups in total. The molecule has 2 aromatic rings. The Kier molecular flexibility index (Phi) is 5.64. The molecule has 0 radical (unpaired) electrons. The van der Waals surface area contributed by atoms with Crippen LogP contribution in [0.5, 0.6) is 0 Å². The number of methoxy groups -OCH3 is 1. The molecule has 2 heterocycles. The molecular formula is C18H23BrN3O4+. The number of esters is 1. The number of benzene rings is 1. The Labute approximate surface area is 160 Å². The summed E-state index contributed by atoms with van der Waals surface area (Å²) < 4.78 is 11.4. The third kappa shape index (κ3) is 4.08. The van der Waals surface area contributed by atoms with Crippen LogP contribution in [0.1, 0.15) is 24.3 Å². The smallest absolute Gasteiger partial charge is 0.356 e. The minimum atomic E-state index is -0.520. The van der Waals surface area contributed by atoms with Gasteiger partial charge in [-0.25, -0.2) is 4.79 Å².